The van der Waals surface area contributed by atoms with Gasteiger partial charge in [0.1, 0.15) is 55.4 Å². The van der Waals surface area contributed by atoms with Crippen LogP contribution in [-0.2, 0) is 112 Å². The van der Waals surface area contributed by atoms with Gasteiger partial charge in [-0.3, -0.25) is 24.0 Å². The highest BCUT2D eigenvalue weighted by molar-refractivity contribution is 5.73. The lowest BCUT2D eigenvalue weighted by molar-refractivity contribution is -0.377. The van der Waals surface area contributed by atoms with Gasteiger partial charge in [-0.25, -0.2) is 0 Å². The Kier molecular flexibility index (Phi) is 21.4. The average Bonchev–Trinajstić information content (AvgIpc) is 3.40. The number of benzene rings is 4. The SMILES string of the molecule is CC(=O)N[C@H]1C(O)O[C@H](COCc2ccccc2)[C@@H](O[C@@H]2O[C@H](COC(C)=O)[C@H](OC(C)=O)[C@H](OC(C)=O)[C@H]2OC(C)=O)[C@@H]1O[C@@H]1O[C@@H](C)[C@@H](OCc2ccccc2)[C@@H](OCc2ccccc2)[C@@H]1OCc1ccccc1. The Hall–Kier alpha value is -6.17. The van der Waals surface area contributed by atoms with Gasteiger partial charge in [-0.05, 0) is 29.2 Å². The maximum absolute atomic E-state index is 13.2. The van der Waals surface area contributed by atoms with Crippen LogP contribution in [0.25, 0.3) is 0 Å². The molecule has 3 fully saturated rings. The summed E-state index contributed by atoms with van der Waals surface area (Å²) in [7, 11) is 0. The summed E-state index contributed by atoms with van der Waals surface area (Å²) < 4.78 is 82.5. The summed E-state index contributed by atoms with van der Waals surface area (Å²) >= 11 is 0. The van der Waals surface area contributed by atoms with Gasteiger partial charge in [0.15, 0.2) is 37.2 Å². The predicted molar refractivity (Wildman–Crippen MR) is 266 cm³/mol. The van der Waals surface area contributed by atoms with E-state index in [2.05, 4.69) is 5.32 Å². The molecule has 3 saturated heterocycles. The molecule has 2 N–H and O–H groups in total. The van der Waals surface area contributed by atoms with Crippen LogP contribution in [0, 0.1) is 0 Å². The van der Waals surface area contributed by atoms with E-state index in [1.54, 1.807) is 6.92 Å². The van der Waals surface area contributed by atoms with Crippen LogP contribution in [0.2, 0.25) is 0 Å². The number of esters is 4. The first-order chi connectivity index (χ1) is 36.6. The van der Waals surface area contributed by atoms with Crippen molar-refractivity contribution in [3.8, 4) is 0 Å². The van der Waals surface area contributed by atoms with Crippen LogP contribution in [-0.4, -0.2) is 140 Å². The first-order valence-corrected chi connectivity index (χ1v) is 25.1. The Morgan fingerprint density at radius 3 is 1.39 bits per heavy atom. The maximum atomic E-state index is 13.2. The summed E-state index contributed by atoms with van der Waals surface area (Å²) in [5.41, 5.74) is 3.36. The number of hydrogen-bond acceptors (Lipinski definition) is 19. The van der Waals surface area contributed by atoms with Crippen molar-refractivity contribution in [2.24, 2.45) is 0 Å². The fraction of sp³-hybridized carbons (Fsp3) is 0.482. The van der Waals surface area contributed by atoms with Crippen molar-refractivity contribution in [1.82, 2.24) is 5.32 Å². The Balaban J connectivity index is 1.33. The van der Waals surface area contributed by atoms with Crippen molar-refractivity contribution in [3.63, 3.8) is 0 Å². The molecule has 20 heteroatoms. The molecular weight excluding hydrogens is 991 g/mol. The van der Waals surface area contributed by atoms with Crippen molar-refractivity contribution in [2.75, 3.05) is 13.2 Å². The zero-order chi connectivity index (χ0) is 54.1. The monoisotopic (exact) mass is 1060 g/mol. The van der Waals surface area contributed by atoms with Gasteiger partial charge in [-0.2, -0.15) is 0 Å². The normalized spacial score (nSPS) is 29.3. The number of amides is 1. The van der Waals surface area contributed by atoms with Crippen LogP contribution >= 0.6 is 0 Å². The van der Waals surface area contributed by atoms with Crippen LogP contribution in [0.5, 0.6) is 0 Å². The smallest absolute Gasteiger partial charge is 0.303 e. The minimum absolute atomic E-state index is 0.0475. The molecule has 15 atom stereocenters. The summed E-state index contributed by atoms with van der Waals surface area (Å²) in [6.45, 7) is 7.07. The lowest BCUT2D eigenvalue weighted by atomic mass is 9.94. The molecule has 76 heavy (non-hydrogen) atoms. The number of rotatable bonds is 23. The first-order valence-electron chi connectivity index (χ1n) is 25.1. The van der Waals surface area contributed by atoms with E-state index >= 15 is 0 Å². The molecule has 1 amide bonds. The van der Waals surface area contributed by atoms with E-state index in [1.807, 2.05) is 121 Å². The summed E-state index contributed by atoms with van der Waals surface area (Å²) in [6.07, 6.45) is -19.0. The molecule has 0 aliphatic carbocycles. The minimum Gasteiger partial charge on any atom is -0.463 e. The molecule has 4 aromatic carbocycles. The molecule has 0 spiro atoms. The van der Waals surface area contributed by atoms with Crippen LogP contribution in [0.1, 0.15) is 63.8 Å². The average molecular weight is 1060 g/mol. The van der Waals surface area contributed by atoms with Crippen molar-refractivity contribution in [3.05, 3.63) is 144 Å². The van der Waals surface area contributed by atoms with Gasteiger partial charge in [0.25, 0.3) is 0 Å². The van der Waals surface area contributed by atoms with E-state index in [9.17, 15) is 29.1 Å². The van der Waals surface area contributed by atoms with Gasteiger partial charge in [0, 0.05) is 34.6 Å². The molecule has 3 heterocycles. The van der Waals surface area contributed by atoms with Crippen molar-refractivity contribution >= 4 is 29.8 Å². The maximum Gasteiger partial charge on any atom is 0.303 e. The highest BCUT2D eigenvalue weighted by atomic mass is 16.8. The predicted octanol–water partition coefficient (Wildman–Crippen LogP) is 4.78. The van der Waals surface area contributed by atoms with Crippen LogP contribution in [0.3, 0.4) is 0 Å². The Labute approximate surface area is 441 Å². The molecule has 0 radical (unpaired) electrons. The van der Waals surface area contributed by atoms with Gasteiger partial charge in [-0.15, -0.1) is 0 Å². The lowest BCUT2D eigenvalue weighted by Gasteiger charge is -2.51. The molecule has 1 unspecified atom stereocenters. The van der Waals surface area contributed by atoms with Gasteiger partial charge >= 0.3 is 23.9 Å². The van der Waals surface area contributed by atoms with Gasteiger partial charge in [-0.1, -0.05) is 121 Å². The zero-order valence-corrected chi connectivity index (χ0v) is 43.2. The molecule has 20 nitrogen and oxygen atoms in total. The quantitative estimate of drug-likeness (QED) is 0.0751. The molecule has 4 aromatic rings. The molecule has 3 aliphatic rings. The highest BCUT2D eigenvalue weighted by Gasteiger charge is 2.58. The molecule has 0 saturated carbocycles. The third-order valence-corrected chi connectivity index (χ3v) is 12.5. The van der Waals surface area contributed by atoms with Crippen molar-refractivity contribution < 1.29 is 90.7 Å². The number of carbonyl (C=O) groups excluding carboxylic acids is 5. The second kappa shape index (κ2) is 28.3. The molecule has 0 aromatic heterocycles. The largest absolute Gasteiger partial charge is 0.463 e. The topological polar surface area (TPSA) is 238 Å². The van der Waals surface area contributed by atoms with E-state index < -0.39 is 128 Å². The van der Waals surface area contributed by atoms with Crippen molar-refractivity contribution in [1.29, 1.82) is 0 Å². The third kappa shape index (κ3) is 16.4. The van der Waals surface area contributed by atoms with Crippen molar-refractivity contribution in [2.45, 2.75) is 160 Å². The second-order valence-electron chi connectivity index (χ2n) is 18.6. The van der Waals surface area contributed by atoms with E-state index in [0.717, 1.165) is 49.9 Å². The molecule has 7 rings (SSSR count). The van der Waals surface area contributed by atoms with E-state index in [4.69, 9.17) is 61.6 Å². The minimum atomic E-state index is -1.79. The fourth-order valence-corrected chi connectivity index (χ4v) is 9.22. The number of nitrogens with one attached hydrogen (secondary N) is 1. The van der Waals surface area contributed by atoms with Gasteiger partial charge in [0.05, 0.1) is 39.1 Å². The third-order valence-electron chi connectivity index (χ3n) is 12.5. The fourth-order valence-electron chi connectivity index (χ4n) is 9.22. The van der Waals surface area contributed by atoms with E-state index in [1.165, 1.54) is 6.92 Å². The molecule has 3 aliphatic heterocycles. The Bertz CT molecular complexity index is 2450. The van der Waals surface area contributed by atoms with Gasteiger partial charge < -0.3 is 72.0 Å². The van der Waals surface area contributed by atoms with Gasteiger partial charge in [0.2, 0.25) is 5.91 Å². The van der Waals surface area contributed by atoms with Crippen LogP contribution < -0.4 is 5.32 Å². The summed E-state index contributed by atoms with van der Waals surface area (Å²) in [4.78, 5) is 63.9. The standard InChI is InChI=1S/C56H67NO19/c1-33-46(66-28-40-21-13-8-14-22-40)50(67-29-41-23-15-9-16-24-41)52(68-30-42-25-17-10-18-26-42)55(69-33)76-49-45(57-34(2)58)54(63)73-43(31-64-27-39-19-11-7-12-20-39)47(49)75-56-53(72-38(6)62)51(71-37(5)61)48(70-36(4)60)44(74-56)32-65-35(3)59/h7-26,33,43-56,63H,27-32H2,1-6H3,(H,57,58)/t33-,43+,44+,45+,46+,47+,48-,49+,50+,51-,52-,53+,54?,55-,56-/m0/s1. The number of aliphatic hydroxyl groups excluding tert-OH is 1. The molecule has 0 bridgehead atoms. The first kappa shape index (κ1) is 57.5. The number of hydrogen-bond donors (Lipinski definition) is 2. The van der Waals surface area contributed by atoms with E-state index in [0.29, 0.717) is 0 Å². The number of ether oxygens (including phenoxy) is 13. The second-order valence-corrected chi connectivity index (χ2v) is 18.6. The summed E-state index contributed by atoms with van der Waals surface area (Å²) in [5.74, 6) is -3.90. The lowest BCUT2D eigenvalue weighted by Crippen LogP contribution is -2.70. The van der Waals surface area contributed by atoms with Crippen LogP contribution in [0.4, 0.5) is 0 Å². The molecular formula is C56H67NO19. The highest BCUT2D eigenvalue weighted by Crippen LogP contribution is 2.38. The summed E-state index contributed by atoms with van der Waals surface area (Å²) in [6, 6.07) is 36.4. The Morgan fingerprint density at radius 1 is 0.461 bits per heavy atom. The summed E-state index contributed by atoms with van der Waals surface area (Å²) in [5, 5.41) is 14.7. The number of carbonyl (C=O) groups is 5. The Morgan fingerprint density at radius 2 is 0.895 bits per heavy atom. The van der Waals surface area contributed by atoms with E-state index in [-0.39, 0.29) is 33.0 Å². The molecule has 410 valence electrons. The van der Waals surface area contributed by atoms with Crippen LogP contribution in [0.15, 0.2) is 121 Å². The zero-order valence-electron chi connectivity index (χ0n) is 43.2. The number of aliphatic hydroxyl groups is 1.